The molecule has 11 heteroatoms. The highest BCUT2D eigenvalue weighted by atomic mass is 32.2. The number of hydrogen-bond donors (Lipinski definition) is 4. The maximum absolute atomic E-state index is 12.1. The second-order valence-corrected chi connectivity index (χ2v) is 7.14. The molecule has 0 radical (unpaired) electrons. The Kier molecular flexibility index (Phi) is 3.89. The van der Waals surface area contributed by atoms with E-state index in [-0.39, 0.29) is 16.3 Å². The van der Waals surface area contributed by atoms with E-state index in [1.54, 1.807) is 6.92 Å². The fraction of sp³-hybridized carbons (Fsp3) is 0.100. The molecule has 0 saturated carbocycles. The van der Waals surface area contributed by atoms with Crippen molar-refractivity contribution in [2.24, 2.45) is 5.14 Å². The molecule has 0 bridgehead atoms. The third-order valence-corrected chi connectivity index (χ3v) is 4.46. The van der Waals surface area contributed by atoms with Crippen molar-refractivity contribution in [1.29, 1.82) is 0 Å². The summed E-state index contributed by atoms with van der Waals surface area (Å²) in [6.45, 7) is 1.57. The highest BCUT2D eigenvalue weighted by molar-refractivity contribution is 7.92. The minimum absolute atomic E-state index is 0.00677. The first-order valence-corrected chi connectivity index (χ1v) is 8.64. The van der Waals surface area contributed by atoms with Gasteiger partial charge in [0.2, 0.25) is 0 Å². The average Bonchev–Trinajstić information content (AvgIpc) is 2.73. The Balaban J connectivity index is 2.28. The number of aromatic nitrogens is 2. The molecule has 0 aliphatic rings. The van der Waals surface area contributed by atoms with Crippen molar-refractivity contribution in [2.75, 3.05) is 9.44 Å². The number of nitrogens with one attached hydrogen (secondary N) is 3. The fourth-order valence-corrected chi connectivity index (χ4v) is 3.27. The van der Waals surface area contributed by atoms with Crippen LogP contribution in [0.15, 0.2) is 35.4 Å². The third-order valence-electron chi connectivity index (χ3n) is 2.45. The van der Waals surface area contributed by atoms with Gasteiger partial charge in [-0.15, -0.1) is 0 Å². The van der Waals surface area contributed by atoms with E-state index < -0.39 is 20.2 Å². The van der Waals surface area contributed by atoms with Gasteiger partial charge in [0, 0.05) is 0 Å². The summed E-state index contributed by atoms with van der Waals surface area (Å²) in [6.07, 6.45) is 1.18. The van der Waals surface area contributed by atoms with Crippen molar-refractivity contribution in [3.8, 4) is 0 Å². The smallest absolute Gasteiger partial charge is 0.281 e. The normalized spacial score (nSPS) is 12.1. The molecule has 1 aromatic carbocycles. The van der Waals surface area contributed by atoms with Crippen LogP contribution in [0.4, 0.5) is 11.4 Å². The topological polar surface area (TPSA) is 147 Å². The number of hydrogen-bond acceptors (Lipinski definition) is 5. The first-order valence-electron chi connectivity index (χ1n) is 5.61. The lowest BCUT2D eigenvalue weighted by atomic mass is 10.3. The Morgan fingerprint density at radius 3 is 2.29 bits per heavy atom. The van der Waals surface area contributed by atoms with Crippen molar-refractivity contribution in [3.05, 3.63) is 36.2 Å². The molecule has 2 aromatic rings. The van der Waals surface area contributed by atoms with Crippen molar-refractivity contribution < 1.29 is 16.8 Å². The SMILES string of the molecule is Cc1[nH]ncc1S(=O)(=O)Nc1cccc(NS(N)(=O)=O)c1. The summed E-state index contributed by atoms with van der Waals surface area (Å²) in [6, 6.07) is 5.69. The zero-order valence-corrected chi connectivity index (χ0v) is 12.5. The lowest BCUT2D eigenvalue weighted by molar-refractivity contribution is 0.600. The molecule has 1 aromatic heterocycles. The molecule has 0 aliphatic heterocycles. The van der Waals surface area contributed by atoms with Crippen LogP contribution in [0.3, 0.4) is 0 Å². The molecular weight excluding hydrogens is 318 g/mol. The van der Waals surface area contributed by atoms with Gasteiger partial charge in [0.15, 0.2) is 0 Å². The zero-order valence-electron chi connectivity index (χ0n) is 10.9. The number of rotatable bonds is 5. The molecule has 2 rings (SSSR count). The van der Waals surface area contributed by atoms with Crippen molar-refractivity contribution in [2.45, 2.75) is 11.8 Å². The molecule has 1 heterocycles. The number of nitrogens with zero attached hydrogens (tertiary/aromatic N) is 1. The second kappa shape index (κ2) is 5.35. The van der Waals surface area contributed by atoms with Crippen LogP contribution in [0, 0.1) is 6.92 Å². The molecular formula is C10H13N5O4S2. The summed E-state index contributed by atoms with van der Waals surface area (Å²) >= 11 is 0. The predicted molar refractivity (Wildman–Crippen MR) is 77.3 cm³/mol. The maximum atomic E-state index is 12.1. The molecule has 114 valence electrons. The fourth-order valence-electron chi connectivity index (χ4n) is 1.63. The minimum atomic E-state index is -3.93. The van der Waals surface area contributed by atoms with Crippen LogP contribution in [0.5, 0.6) is 0 Å². The van der Waals surface area contributed by atoms with E-state index in [4.69, 9.17) is 5.14 Å². The van der Waals surface area contributed by atoms with Crippen LogP contribution >= 0.6 is 0 Å². The van der Waals surface area contributed by atoms with Gasteiger partial charge in [-0.2, -0.15) is 13.5 Å². The summed E-state index contributed by atoms with van der Waals surface area (Å²) in [5.74, 6) is 0. The Morgan fingerprint density at radius 1 is 1.14 bits per heavy atom. The van der Waals surface area contributed by atoms with Gasteiger partial charge in [0.1, 0.15) is 4.90 Å². The maximum Gasteiger partial charge on any atom is 0.296 e. The summed E-state index contributed by atoms with van der Waals surface area (Å²) in [5.41, 5.74) is 0.715. The number of H-pyrrole nitrogens is 1. The van der Waals surface area contributed by atoms with Crippen molar-refractivity contribution >= 4 is 31.6 Å². The van der Waals surface area contributed by atoms with E-state index in [0.29, 0.717) is 5.69 Å². The number of aromatic amines is 1. The second-order valence-electron chi connectivity index (χ2n) is 4.19. The van der Waals surface area contributed by atoms with Crippen LogP contribution in [0.1, 0.15) is 5.69 Å². The van der Waals surface area contributed by atoms with E-state index in [9.17, 15) is 16.8 Å². The predicted octanol–water partition coefficient (Wildman–Crippen LogP) is 0.134. The first-order chi connectivity index (χ1) is 9.67. The van der Waals surface area contributed by atoms with E-state index in [1.807, 2.05) is 0 Å². The highest BCUT2D eigenvalue weighted by Crippen LogP contribution is 2.20. The van der Waals surface area contributed by atoms with Crippen LogP contribution in [0.2, 0.25) is 0 Å². The van der Waals surface area contributed by atoms with Gasteiger partial charge in [0.25, 0.3) is 20.2 Å². The lowest BCUT2D eigenvalue weighted by Crippen LogP contribution is -2.21. The molecule has 0 saturated heterocycles. The van der Waals surface area contributed by atoms with Crippen LogP contribution in [-0.4, -0.2) is 27.0 Å². The average molecular weight is 331 g/mol. The third kappa shape index (κ3) is 3.93. The monoisotopic (exact) mass is 331 g/mol. The standard InChI is InChI=1S/C10H13N5O4S2/c1-7-10(6-12-13-7)20(16,17)14-8-3-2-4-9(5-8)15-21(11,18)19/h2-6,14-15H,1H3,(H,12,13)(H2,11,18,19). The minimum Gasteiger partial charge on any atom is -0.281 e. The summed E-state index contributed by atoms with van der Waals surface area (Å²) in [5, 5.41) is 11.0. The molecule has 0 atom stereocenters. The molecule has 0 spiro atoms. The Hall–Kier alpha value is -2.11. The molecule has 21 heavy (non-hydrogen) atoms. The zero-order chi connectivity index (χ0) is 15.7. The highest BCUT2D eigenvalue weighted by Gasteiger charge is 2.18. The van der Waals surface area contributed by atoms with Gasteiger partial charge < -0.3 is 0 Å². The van der Waals surface area contributed by atoms with Crippen LogP contribution in [0.25, 0.3) is 0 Å². The number of anilines is 2. The Bertz CT molecular complexity index is 857. The van der Waals surface area contributed by atoms with Crippen LogP contribution in [-0.2, 0) is 20.2 Å². The van der Waals surface area contributed by atoms with Gasteiger partial charge in [-0.3, -0.25) is 14.5 Å². The van der Waals surface area contributed by atoms with Gasteiger partial charge in [0.05, 0.1) is 23.3 Å². The van der Waals surface area contributed by atoms with E-state index in [0.717, 1.165) is 0 Å². The Morgan fingerprint density at radius 2 is 1.76 bits per heavy atom. The molecule has 0 fully saturated rings. The van der Waals surface area contributed by atoms with E-state index >= 15 is 0 Å². The lowest BCUT2D eigenvalue weighted by Gasteiger charge is -2.09. The summed E-state index contributed by atoms with van der Waals surface area (Å²) in [7, 11) is -7.74. The number of sulfonamides is 1. The van der Waals surface area contributed by atoms with Crippen molar-refractivity contribution in [1.82, 2.24) is 10.2 Å². The van der Waals surface area contributed by atoms with E-state index in [1.165, 1.54) is 30.5 Å². The molecule has 0 aliphatic carbocycles. The van der Waals surface area contributed by atoms with Gasteiger partial charge in [-0.25, -0.2) is 13.6 Å². The number of aryl methyl sites for hydroxylation is 1. The molecule has 0 unspecified atom stereocenters. The molecule has 5 N–H and O–H groups in total. The van der Waals surface area contributed by atoms with Gasteiger partial charge in [-0.1, -0.05) is 6.07 Å². The largest absolute Gasteiger partial charge is 0.296 e. The summed E-state index contributed by atoms with van der Waals surface area (Å²) in [4.78, 5) is 0.00677. The van der Waals surface area contributed by atoms with Gasteiger partial charge >= 0.3 is 0 Å². The van der Waals surface area contributed by atoms with E-state index in [2.05, 4.69) is 19.6 Å². The quantitative estimate of drug-likeness (QED) is 0.615. The Labute approximate surface area is 121 Å². The molecule has 0 amide bonds. The first kappa shape index (κ1) is 15.3. The number of nitrogens with two attached hydrogens (primary N) is 1. The van der Waals surface area contributed by atoms with Crippen LogP contribution < -0.4 is 14.6 Å². The number of benzene rings is 1. The van der Waals surface area contributed by atoms with Gasteiger partial charge in [-0.05, 0) is 25.1 Å². The summed E-state index contributed by atoms with van der Waals surface area (Å²) < 4.78 is 50.6. The molecule has 9 nitrogen and oxygen atoms in total. The van der Waals surface area contributed by atoms with Crippen molar-refractivity contribution in [3.63, 3.8) is 0 Å².